The maximum absolute atomic E-state index is 9.38. The minimum Gasteiger partial charge on any atom is -0.391 e. The first kappa shape index (κ1) is 26.7. The molecule has 0 aromatic rings. The van der Waals surface area contributed by atoms with Crippen LogP contribution in [-0.2, 0) is 23.7 Å². The van der Waals surface area contributed by atoms with Crippen LogP contribution in [0, 0.1) is 0 Å². The highest BCUT2D eigenvalue weighted by atomic mass is 32.3. The molecule has 0 spiro atoms. The van der Waals surface area contributed by atoms with E-state index in [0.29, 0.717) is 66.1 Å². The largest absolute Gasteiger partial charge is 0.391 e. The highest BCUT2D eigenvalue weighted by Gasteiger charge is 2.27. The van der Waals surface area contributed by atoms with Gasteiger partial charge >= 0.3 is 0 Å². The zero-order valence-electron chi connectivity index (χ0n) is 17.2. The van der Waals surface area contributed by atoms with Crippen LogP contribution >= 0.6 is 70.6 Å². The number of ether oxygens (including phenoxy) is 5. The SMILES string of the molecule is OCC1=CSC(=C2SC3=C(SCCOCCOCCOCCOCCOCCS3)S2)S1. The van der Waals surface area contributed by atoms with Gasteiger partial charge in [-0.15, -0.1) is 23.5 Å². The maximum atomic E-state index is 9.38. The van der Waals surface area contributed by atoms with Crippen molar-refractivity contribution in [3.8, 4) is 0 Å². The first-order valence-corrected chi connectivity index (χ1v) is 15.3. The fraction of sp³-hybridized carbons (Fsp3) is 0.684. The van der Waals surface area contributed by atoms with Crippen LogP contribution in [0.4, 0.5) is 0 Å². The lowest BCUT2D eigenvalue weighted by atomic mass is 10.7. The Bertz CT molecular complexity index is 607. The molecule has 0 unspecified atom stereocenters. The van der Waals surface area contributed by atoms with E-state index >= 15 is 0 Å². The molecule has 12 heteroatoms. The quantitative estimate of drug-likeness (QED) is 0.502. The lowest BCUT2D eigenvalue weighted by Crippen LogP contribution is -2.13. The molecule has 3 aliphatic rings. The standard InChI is InChI=1S/C19H28O6S6/c20-13-15-14-28-18(29-15)19-30-16-17(31-19)27-12-10-25-8-6-23-4-2-21-1-3-22-5-7-24-9-11-26-16/h14,20H,1-13H2. The van der Waals surface area contributed by atoms with Gasteiger partial charge < -0.3 is 28.8 Å². The molecule has 0 radical (unpaired) electrons. The second kappa shape index (κ2) is 16.7. The van der Waals surface area contributed by atoms with Crippen molar-refractivity contribution in [3.05, 3.63) is 27.3 Å². The zero-order chi connectivity index (χ0) is 21.6. The Morgan fingerprint density at radius 3 is 1.45 bits per heavy atom. The summed E-state index contributed by atoms with van der Waals surface area (Å²) in [6, 6.07) is 0. The first-order chi connectivity index (χ1) is 15.4. The van der Waals surface area contributed by atoms with Crippen molar-refractivity contribution in [2.24, 2.45) is 0 Å². The third-order valence-corrected chi connectivity index (χ3v) is 12.2. The van der Waals surface area contributed by atoms with Crippen LogP contribution in [-0.4, -0.2) is 89.3 Å². The minimum atomic E-state index is 0.107. The van der Waals surface area contributed by atoms with Crippen molar-refractivity contribution < 1.29 is 28.8 Å². The Morgan fingerprint density at radius 1 is 0.581 bits per heavy atom. The molecule has 0 aliphatic carbocycles. The summed E-state index contributed by atoms with van der Waals surface area (Å²) >= 11 is 10.8. The molecule has 0 aromatic heterocycles. The summed E-state index contributed by atoms with van der Waals surface area (Å²) < 4.78 is 33.2. The van der Waals surface area contributed by atoms with Gasteiger partial charge in [-0.05, 0) is 5.41 Å². The summed E-state index contributed by atoms with van der Waals surface area (Å²) in [6.45, 7) is 6.16. The summed E-state index contributed by atoms with van der Waals surface area (Å²) in [6.07, 6.45) is 0. The van der Waals surface area contributed by atoms with E-state index in [4.69, 9.17) is 23.7 Å². The van der Waals surface area contributed by atoms with Crippen LogP contribution in [0.25, 0.3) is 0 Å². The summed E-state index contributed by atoms with van der Waals surface area (Å²) in [5, 5.41) is 11.4. The normalized spacial score (nSPS) is 24.6. The summed E-state index contributed by atoms with van der Waals surface area (Å²) in [5.74, 6) is 1.82. The molecular weight excluding hydrogens is 517 g/mol. The maximum Gasteiger partial charge on any atom is 0.0749 e. The van der Waals surface area contributed by atoms with Crippen LogP contribution in [0.5, 0.6) is 0 Å². The van der Waals surface area contributed by atoms with E-state index in [2.05, 4.69) is 0 Å². The van der Waals surface area contributed by atoms with E-state index in [1.165, 1.54) is 16.9 Å². The third kappa shape index (κ3) is 10.5. The van der Waals surface area contributed by atoms with E-state index in [1.54, 1.807) is 23.5 Å². The van der Waals surface area contributed by atoms with Crippen molar-refractivity contribution in [1.82, 2.24) is 0 Å². The molecule has 0 aromatic carbocycles. The topological polar surface area (TPSA) is 66.4 Å². The minimum absolute atomic E-state index is 0.107. The number of rotatable bonds is 1. The van der Waals surface area contributed by atoms with Crippen LogP contribution in [0.15, 0.2) is 27.3 Å². The molecule has 3 rings (SSSR count). The molecule has 0 bridgehead atoms. The Morgan fingerprint density at radius 2 is 1.03 bits per heavy atom. The van der Waals surface area contributed by atoms with Gasteiger partial charge in [0.15, 0.2) is 0 Å². The van der Waals surface area contributed by atoms with Gasteiger partial charge in [0.1, 0.15) is 0 Å². The van der Waals surface area contributed by atoms with Crippen LogP contribution in [0.2, 0.25) is 0 Å². The lowest BCUT2D eigenvalue weighted by Gasteiger charge is -2.07. The van der Waals surface area contributed by atoms with Gasteiger partial charge in [-0.3, -0.25) is 0 Å². The lowest BCUT2D eigenvalue weighted by molar-refractivity contribution is -0.00902. The van der Waals surface area contributed by atoms with Crippen molar-refractivity contribution >= 4 is 70.6 Å². The Labute approximate surface area is 209 Å². The van der Waals surface area contributed by atoms with Gasteiger partial charge in [-0.2, -0.15) is 0 Å². The fourth-order valence-corrected chi connectivity index (χ4v) is 10.5. The van der Waals surface area contributed by atoms with E-state index in [9.17, 15) is 5.11 Å². The Balaban J connectivity index is 1.49. The van der Waals surface area contributed by atoms with Crippen molar-refractivity contribution in [2.75, 3.05) is 84.2 Å². The number of aliphatic hydroxyl groups excluding tert-OH is 1. The van der Waals surface area contributed by atoms with E-state index in [-0.39, 0.29) is 6.61 Å². The van der Waals surface area contributed by atoms with Crippen molar-refractivity contribution in [2.45, 2.75) is 0 Å². The average molecular weight is 545 g/mol. The molecule has 3 aliphatic heterocycles. The molecule has 31 heavy (non-hydrogen) atoms. The molecular formula is C19H28O6S6. The average Bonchev–Trinajstić information content (AvgIpc) is 3.42. The third-order valence-electron chi connectivity index (χ3n) is 3.79. The molecule has 3 heterocycles. The molecule has 6 nitrogen and oxygen atoms in total. The molecule has 0 saturated heterocycles. The number of hydrogen-bond acceptors (Lipinski definition) is 12. The summed E-state index contributed by atoms with van der Waals surface area (Å²) in [4.78, 5) is 1.02. The highest BCUT2D eigenvalue weighted by Crippen LogP contribution is 2.62. The monoisotopic (exact) mass is 544 g/mol. The Kier molecular flexibility index (Phi) is 14.3. The van der Waals surface area contributed by atoms with E-state index < -0.39 is 0 Å². The van der Waals surface area contributed by atoms with Crippen LogP contribution in [0.3, 0.4) is 0 Å². The molecule has 0 saturated carbocycles. The Hall–Kier alpha value is 1.08. The van der Waals surface area contributed by atoms with Gasteiger partial charge in [0.05, 0.1) is 89.6 Å². The number of thioether (sulfide) groups is 6. The van der Waals surface area contributed by atoms with Gasteiger partial charge in [0.2, 0.25) is 0 Å². The van der Waals surface area contributed by atoms with Gasteiger partial charge in [-0.1, -0.05) is 47.0 Å². The highest BCUT2D eigenvalue weighted by molar-refractivity contribution is 8.42. The van der Waals surface area contributed by atoms with Crippen LogP contribution < -0.4 is 0 Å². The first-order valence-electron chi connectivity index (χ1n) is 10.00. The van der Waals surface area contributed by atoms with Gasteiger partial charge in [0, 0.05) is 16.4 Å². The zero-order valence-corrected chi connectivity index (χ0v) is 22.1. The second-order valence-corrected chi connectivity index (χ2v) is 13.4. The fourth-order valence-electron chi connectivity index (χ4n) is 2.35. The second-order valence-electron chi connectivity index (χ2n) is 6.07. The van der Waals surface area contributed by atoms with Gasteiger partial charge in [0.25, 0.3) is 0 Å². The summed E-state index contributed by atoms with van der Waals surface area (Å²) in [7, 11) is 0. The van der Waals surface area contributed by atoms with Crippen LogP contribution in [0.1, 0.15) is 0 Å². The molecule has 1 N–H and O–H groups in total. The molecule has 0 fully saturated rings. The smallest absolute Gasteiger partial charge is 0.0749 e. The van der Waals surface area contributed by atoms with Gasteiger partial charge in [-0.25, -0.2) is 0 Å². The molecule has 0 amide bonds. The predicted octanol–water partition coefficient (Wildman–Crippen LogP) is 4.60. The summed E-state index contributed by atoms with van der Waals surface area (Å²) in [5.41, 5.74) is 0. The van der Waals surface area contributed by atoms with Crippen molar-refractivity contribution in [1.29, 1.82) is 0 Å². The van der Waals surface area contributed by atoms with E-state index in [1.807, 2.05) is 52.5 Å². The van der Waals surface area contributed by atoms with E-state index in [0.717, 1.165) is 16.4 Å². The molecule has 176 valence electrons. The predicted molar refractivity (Wildman–Crippen MR) is 139 cm³/mol. The van der Waals surface area contributed by atoms with Crippen molar-refractivity contribution in [3.63, 3.8) is 0 Å². The number of hydrogen-bond donors (Lipinski definition) is 1. The number of aliphatic hydroxyl groups is 1. The molecule has 0 atom stereocenters.